The van der Waals surface area contributed by atoms with Crippen molar-refractivity contribution in [2.45, 2.75) is 185 Å². The lowest BCUT2D eigenvalue weighted by Gasteiger charge is -2.44. The van der Waals surface area contributed by atoms with E-state index in [-0.39, 0.29) is 60.9 Å². The van der Waals surface area contributed by atoms with Crippen LogP contribution >= 0.6 is 11.3 Å². The topological polar surface area (TPSA) is 343 Å². The van der Waals surface area contributed by atoms with Crippen LogP contribution in [0.2, 0.25) is 0 Å². The number of carbonyl (C=O) groups is 11. The number of benzene rings is 2. The van der Waals surface area contributed by atoms with E-state index in [2.05, 4.69) is 31.6 Å². The van der Waals surface area contributed by atoms with Crippen LogP contribution in [0.15, 0.2) is 72.1 Å². The number of carboxylic acids is 2. The first-order chi connectivity index (χ1) is 41.9. The first-order valence-corrected chi connectivity index (χ1v) is 31.5. The number of esters is 1. The molecule has 13 atom stereocenters. The lowest BCUT2D eigenvalue weighted by Crippen LogP contribution is -2.63. The van der Waals surface area contributed by atoms with E-state index in [0.717, 1.165) is 52.4 Å². The van der Waals surface area contributed by atoms with Gasteiger partial charge in [-0.1, -0.05) is 97.4 Å². The van der Waals surface area contributed by atoms with Crippen LogP contribution in [-0.2, 0) is 59.2 Å². The van der Waals surface area contributed by atoms with E-state index in [9.17, 15) is 63.0 Å². The summed E-state index contributed by atoms with van der Waals surface area (Å²) in [6.45, 7) is 15.0. The van der Waals surface area contributed by atoms with Crippen molar-refractivity contribution in [3.8, 4) is 0 Å². The number of amides is 8. The SMILES string of the molecule is CC[C@H](C)[C@H](NC(=O)[C@H]1CCCC[N+]1(C)Cc1ccc(NC(=O)[C@H](CCC(=O)O)NC(=O)[C@@H](NC(=O)C2(N3C(=O)C=CC3=O)CC2N)C(C)C)cc1)C(=O)N(C)[C@H](C[C@@H](OC(C)=O)c1nc(C(=O)NC2(C[C@H](C)C(=O)O)CC2c2ccccc2)cs1)C(C)C. The second kappa shape index (κ2) is 28.7. The molecule has 2 saturated carbocycles. The number of nitrogens with zero attached hydrogens (tertiary/aromatic N) is 4. The fraction of sp³-hybridized carbons (Fsp3) is 0.562. The van der Waals surface area contributed by atoms with Gasteiger partial charge in [0.2, 0.25) is 23.6 Å². The molecule has 0 spiro atoms. The van der Waals surface area contributed by atoms with E-state index in [0.29, 0.717) is 47.5 Å². The summed E-state index contributed by atoms with van der Waals surface area (Å²) in [5.41, 5.74) is 5.84. The van der Waals surface area contributed by atoms with Crippen LogP contribution in [0.25, 0.3) is 0 Å². The maximum atomic E-state index is 14.9. The van der Waals surface area contributed by atoms with Crippen LogP contribution in [0.5, 0.6) is 0 Å². The third-order valence-corrected chi connectivity index (χ3v) is 19.2. The summed E-state index contributed by atoms with van der Waals surface area (Å²) >= 11 is 1.14. The molecule has 89 heavy (non-hydrogen) atoms. The highest BCUT2D eigenvalue weighted by Gasteiger charge is 2.66. The molecule has 9 N–H and O–H groups in total. The van der Waals surface area contributed by atoms with Crippen LogP contribution < -0.4 is 32.3 Å². The summed E-state index contributed by atoms with van der Waals surface area (Å²) in [4.78, 5) is 154. The summed E-state index contributed by atoms with van der Waals surface area (Å²) in [6, 6.07) is 11.0. The summed E-state index contributed by atoms with van der Waals surface area (Å²) < 4.78 is 6.20. The van der Waals surface area contributed by atoms with Crippen molar-refractivity contribution in [2.75, 3.05) is 26.0 Å². The van der Waals surface area contributed by atoms with Gasteiger partial charge in [0.25, 0.3) is 23.6 Å². The molecule has 4 aliphatic rings. The molecule has 0 radical (unpaired) electrons. The number of piperidine rings is 1. The molecule has 1 saturated heterocycles. The Morgan fingerprint density at radius 1 is 0.865 bits per heavy atom. The molecule has 8 amide bonds. The van der Waals surface area contributed by atoms with Gasteiger partial charge in [-0.2, -0.15) is 0 Å². The van der Waals surface area contributed by atoms with Crippen molar-refractivity contribution in [2.24, 2.45) is 29.4 Å². The highest BCUT2D eigenvalue weighted by Crippen LogP contribution is 2.55. The number of nitrogens with two attached hydrogens (primary N) is 1. The molecule has 3 aromatic rings. The number of carbonyl (C=O) groups excluding carboxylic acids is 9. The van der Waals surface area contributed by atoms with Crippen LogP contribution in [-0.4, -0.2) is 163 Å². The highest BCUT2D eigenvalue weighted by atomic mass is 32.1. The average molecular weight is 1250 g/mol. The molecule has 7 rings (SSSR count). The Kier molecular flexibility index (Phi) is 22.1. The Bertz CT molecular complexity index is 3170. The lowest BCUT2D eigenvalue weighted by atomic mass is 9.92. The normalized spacial score (nSPS) is 24.3. The van der Waals surface area contributed by atoms with Crippen LogP contribution in [0.4, 0.5) is 5.69 Å². The predicted octanol–water partition coefficient (Wildman–Crippen LogP) is 4.94. The molecule has 3 fully saturated rings. The quantitative estimate of drug-likeness (QED) is 0.0249. The first kappa shape index (κ1) is 68.6. The smallest absolute Gasteiger partial charge is 0.306 e. The van der Waals surface area contributed by atoms with E-state index >= 15 is 0 Å². The van der Waals surface area contributed by atoms with Crippen LogP contribution in [0, 0.1) is 23.7 Å². The zero-order valence-electron chi connectivity index (χ0n) is 52.4. The molecule has 0 bridgehead atoms. The summed E-state index contributed by atoms with van der Waals surface area (Å²) in [7, 11) is 3.67. The monoisotopic (exact) mass is 1250 g/mol. The molecule has 25 heteroatoms. The number of thiazole rings is 1. The van der Waals surface area contributed by atoms with E-state index in [1.54, 1.807) is 62.4 Å². The molecule has 2 aliphatic carbocycles. The first-order valence-electron chi connectivity index (χ1n) is 30.6. The summed E-state index contributed by atoms with van der Waals surface area (Å²) in [5.74, 6) is -9.49. The number of imide groups is 1. The number of aromatic nitrogens is 1. The number of quaternary nitrogens is 1. The van der Waals surface area contributed by atoms with Crippen molar-refractivity contribution in [1.82, 2.24) is 36.1 Å². The molecule has 482 valence electrons. The van der Waals surface area contributed by atoms with Gasteiger partial charge in [0.1, 0.15) is 40.9 Å². The number of likely N-dealkylation sites (tertiary alicyclic amines) is 1. The van der Waals surface area contributed by atoms with Crippen LogP contribution in [0.1, 0.15) is 158 Å². The van der Waals surface area contributed by atoms with Crippen LogP contribution in [0.3, 0.4) is 0 Å². The summed E-state index contributed by atoms with van der Waals surface area (Å²) in [5, 5.41) is 35.6. The van der Waals surface area contributed by atoms with Crippen molar-refractivity contribution >= 4 is 82.2 Å². The van der Waals surface area contributed by atoms with Gasteiger partial charge in [0, 0.05) is 85.6 Å². The van der Waals surface area contributed by atoms with Gasteiger partial charge in [0.05, 0.1) is 19.5 Å². The van der Waals surface area contributed by atoms with Gasteiger partial charge in [-0.3, -0.25) is 57.6 Å². The van der Waals surface area contributed by atoms with Gasteiger partial charge < -0.3 is 56.7 Å². The van der Waals surface area contributed by atoms with Gasteiger partial charge in [-0.15, -0.1) is 11.3 Å². The van der Waals surface area contributed by atoms with E-state index in [4.69, 9.17) is 10.5 Å². The lowest BCUT2D eigenvalue weighted by molar-refractivity contribution is -0.942. The number of aliphatic carboxylic acids is 2. The average Bonchev–Trinajstić information content (AvgIpc) is 1.58. The maximum absolute atomic E-state index is 14.9. The fourth-order valence-electron chi connectivity index (χ4n) is 12.6. The van der Waals surface area contributed by atoms with Gasteiger partial charge in [-0.05, 0) is 74.0 Å². The zero-order valence-corrected chi connectivity index (χ0v) is 53.2. The second-order valence-electron chi connectivity index (χ2n) is 25.6. The molecule has 5 unspecified atom stereocenters. The van der Waals surface area contributed by atoms with Crippen molar-refractivity contribution in [3.63, 3.8) is 0 Å². The second-order valence-corrected chi connectivity index (χ2v) is 26.5. The standard InChI is InChI=1S/C64H86N10O14S/c1-11-37(6)54(60(84)72(9)46(35(2)3)29-48(88-39(8)75)59-68-45(34-89-59)56(81)71-63(30-38(7)61(85)86)31-43(63)41-17-13-12-14-18-41)69-57(82)47-19-15-16-28-74(47,10)33-40-20-22-42(23-21-40)66-55(80)44(24-27-52(78)79)67-58(83)53(36(4)5)70-62(87)64(32-49(64)65)73-50(76)25-26-51(73)77/h12-14,17-18,20-23,25-26,34-38,43-44,46-49,53-54H,11,15-16,19,24,27-33,65H2,1-10H3,(H6-,66,67,69,70,71,78,79,80,81,82,83,85,86,87)/p+1/t37-,38-,43?,44-,46+,47+,48+,49?,53-,54-,63?,64?,74?/m0/s1. The Morgan fingerprint density at radius 3 is 2.09 bits per heavy atom. The number of anilines is 1. The fourth-order valence-corrected chi connectivity index (χ4v) is 13.5. The number of nitrogens with one attached hydrogen (secondary N) is 5. The predicted molar refractivity (Wildman–Crippen MR) is 329 cm³/mol. The molecule has 2 aliphatic heterocycles. The zero-order chi connectivity index (χ0) is 65.4. The third-order valence-electron chi connectivity index (χ3n) is 18.2. The number of hydrogen-bond acceptors (Lipinski definition) is 15. The Labute approximate surface area is 523 Å². The molecule has 1 aromatic heterocycles. The minimum Gasteiger partial charge on any atom is -0.481 e. The Balaban J connectivity index is 0.999. The number of hydrogen-bond donors (Lipinski definition) is 8. The van der Waals surface area contributed by atoms with Gasteiger partial charge in [-0.25, -0.2) is 4.98 Å². The molecule has 24 nitrogen and oxygen atoms in total. The summed E-state index contributed by atoms with van der Waals surface area (Å²) in [6.07, 6.45) is 3.92. The maximum Gasteiger partial charge on any atom is 0.306 e. The third kappa shape index (κ3) is 16.1. The highest BCUT2D eigenvalue weighted by molar-refractivity contribution is 7.09. The number of carboxylic acid groups (broad SMARTS) is 2. The van der Waals surface area contributed by atoms with Crippen molar-refractivity contribution < 1.29 is 72.2 Å². The molecular weight excluding hydrogens is 1160 g/mol. The minimum absolute atomic E-state index is 0.0191. The van der Waals surface area contributed by atoms with E-state index in [1.807, 2.05) is 65.1 Å². The Hall–Kier alpha value is -7.90. The van der Waals surface area contributed by atoms with Crippen molar-refractivity contribution in [3.05, 3.63) is 94.0 Å². The van der Waals surface area contributed by atoms with Gasteiger partial charge >= 0.3 is 17.9 Å². The van der Waals surface area contributed by atoms with E-state index in [1.165, 1.54) is 6.92 Å². The largest absolute Gasteiger partial charge is 0.481 e. The minimum atomic E-state index is -1.70. The molecule has 3 heterocycles. The number of likely N-dealkylation sites (N-methyl/N-ethyl adjacent to an activating group) is 2. The molecule has 2 aromatic carbocycles. The Morgan fingerprint density at radius 2 is 1.52 bits per heavy atom. The van der Waals surface area contributed by atoms with Crippen molar-refractivity contribution in [1.29, 1.82) is 0 Å². The van der Waals surface area contributed by atoms with E-state index < -0.39 is 125 Å². The molecular formula is C64H87N10O14S+. The number of rotatable bonds is 30. The number of ether oxygens (including phenoxy) is 1. The van der Waals surface area contributed by atoms with Gasteiger partial charge in [0.15, 0.2) is 12.1 Å².